The Morgan fingerprint density at radius 1 is 1.27 bits per heavy atom. The molecule has 0 radical (unpaired) electrons. The minimum atomic E-state index is -0.0457. The van der Waals surface area contributed by atoms with E-state index >= 15 is 0 Å². The molecular weight excluding hydrogens is 190 g/mol. The molecule has 0 unspecified atom stereocenters. The summed E-state index contributed by atoms with van der Waals surface area (Å²) in [7, 11) is 0. The molecule has 0 aromatic heterocycles. The second-order valence-electron chi connectivity index (χ2n) is 4.56. The number of ether oxygens (including phenoxy) is 1. The fraction of sp³-hybridized carbons (Fsp3) is 0.750. The van der Waals surface area contributed by atoms with Crippen LogP contribution in [0, 0.1) is 5.92 Å². The molecule has 0 saturated carbocycles. The SMILES string of the molecule is CC(C)=CC(=O)N[C@@H](C)COCC(C)C. The first-order valence-corrected chi connectivity index (χ1v) is 5.45. The van der Waals surface area contributed by atoms with Crippen molar-refractivity contribution in [2.75, 3.05) is 13.2 Å². The predicted octanol–water partition coefficient (Wildman–Crippen LogP) is 2.13. The van der Waals surface area contributed by atoms with Gasteiger partial charge >= 0.3 is 0 Å². The zero-order valence-electron chi connectivity index (χ0n) is 10.5. The number of allylic oxidation sites excluding steroid dienone is 1. The summed E-state index contributed by atoms with van der Waals surface area (Å²) in [6.07, 6.45) is 1.60. The molecule has 0 heterocycles. The molecule has 0 aromatic rings. The number of nitrogens with one attached hydrogen (secondary N) is 1. The van der Waals surface area contributed by atoms with E-state index in [0.717, 1.165) is 12.2 Å². The first-order valence-electron chi connectivity index (χ1n) is 5.45. The van der Waals surface area contributed by atoms with E-state index in [-0.39, 0.29) is 11.9 Å². The van der Waals surface area contributed by atoms with Crippen LogP contribution in [0.4, 0.5) is 0 Å². The van der Waals surface area contributed by atoms with Crippen molar-refractivity contribution in [2.45, 2.75) is 40.7 Å². The summed E-state index contributed by atoms with van der Waals surface area (Å²) in [5.74, 6) is 0.487. The Labute approximate surface area is 92.9 Å². The molecule has 0 bridgehead atoms. The van der Waals surface area contributed by atoms with Crippen molar-refractivity contribution in [2.24, 2.45) is 5.92 Å². The molecule has 1 atom stereocenters. The van der Waals surface area contributed by atoms with Gasteiger partial charge < -0.3 is 10.1 Å². The Kier molecular flexibility index (Phi) is 7.05. The normalized spacial score (nSPS) is 12.4. The zero-order chi connectivity index (χ0) is 11.8. The van der Waals surface area contributed by atoms with Gasteiger partial charge in [0.15, 0.2) is 0 Å². The molecule has 0 spiro atoms. The van der Waals surface area contributed by atoms with Gasteiger partial charge in [0.25, 0.3) is 0 Å². The van der Waals surface area contributed by atoms with Crippen LogP contribution >= 0.6 is 0 Å². The highest BCUT2D eigenvalue weighted by Gasteiger charge is 2.05. The Balaban J connectivity index is 3.69. The van der Waals surface area contributed by atoms with Crippen LogP contribution in [0.1, 0.15) is 34.6 Å². The minimum Gasteiger partial charge on any atom is -0.379 e. The fourth-order valence-corrected chi connectivity index (χ4v) is 1.07. The molecule has 0 aliphatic rings. The van der Waals surface area contributed by atoms with Crippen LogP contribution in [0.3, 0.4) is 0 Å². The second kappa shape index (κ2) is 7.46. The van der Waals surface area contributed by atoms with Crippen molar-refractivity contribution >= 4 is 5.91 Å². The first-order chi connectivity index (χ1) is 6.91. The van der Waals surface area contributed by atoms with Crippen molar-refractivity contribution in [3.8, 4) is 0 Å². The fourth-order valence-electron chi connectivity index (χ4n) is 1.07. The van der Waals surface area contributed by atoms with Gasteiger partial charge in [-0.05, 0) is 26.7 Å². The monoisotopic (exact) mass is 213 g/mol. The summed E-state index contributed by atoms with van der Waals surface area (Å²) in [5.41, 5.74) is 1.00. The average molecular weight is 213 g/mol. The van der Waals surface area contributed by atoms with E-state index in [1.54, 1.807) is 6.08 Å². The van der Waals surface area contributed by atoms with Crippen molar-refractivity contribution in [1.82, 2.24) is 5.32 Å². The van der Waals surface area contributed by atoms with Crippen LogP contribution < -0.4 is 5.32 Å². The molecule has 1 N–H and O–H groups in total. The van der Waals surface area contributed by atoms with Gasteiger partial charge in [0.2, 0.25) is 5.91 Å². The van der Waals surface area contributed by atoms with E-state index in [1.165, 1.54) is 0 Å². The summed E-state index contributed by atoms with van der Waals surface area (Å²) in [5, 5.41) is 2.84. The molecule has 0 aliphatic heterocycles. The van der Waals surface area contributed by atoms with Gasteiger partial charge in [-0.25, -0.2) is 0 Å². The Hall–Kier alpha value is -0.830. The van der Waals surface area contributed by atoms with Gasteiger partial charge in [0.1, 0.15) is 0 Å². The molecule has 15 heavy (non-hydrogen) atoms. The molecule has 1 amide bonds. The summed E-state index contributed by atoms with van der Waals surface area (Å²) in [4.78, 5) is 11.3. The Bertz CT molecular complexity index is 218. The first kappa shape index (κ1) is 14.2. The third kappa shape index (κ3) is 9.47. The van der Waals surface area contributed by atoms with E-state index in [9.17, 15) is 4.79 Å². The lowest BCUT2D eigenvalue weighted by Gasteiger charge is -2.14. The number of carbonyl (C=O) groups excluding carboxylic acids is 1. The number of amides is 1. The van der Waals surface area contributed by atoms with Crippen LogP contribution in [0.15, 0.2) is 11.6 Å². The molecule has 0 fully saturated rings. The van der Waals surface area contributed by atoms with Crippen LogP contribution in [0.5, 0.6) is 0 Å². The predicted molar refractivity (Wildman–Crippen MR) is 62.7 cm³/mol. The zero-order valence-corrected chi connectivity index (χ0v) is 10.5. The van der Waals surface area contributed by atoms with Crippen molar-refractivity contribution < 1.29 is 9.53 Å². The van der Waals surface area contributed by atoms with E-state index in [4.69, 9.17) is 4.74 Å². The molecule has 0 rings (SSSR count). The second-order valence-corrected chi connectivity index (χ2v) is 4.56. The Morgan fingerprint density at radius 2 is 1.87 bits per heavy atom. The number of hydrogen-bond acceptors (Lipinski definition) is 2. The highest BCUT2D eigenvalue weighted by atomic mass is 16.5. The maximum Gasteiger partial charge on any atom is 0.244 e. The smallest absolute Gasteiger partial charge is 0.244 e. The van der Waals surface area contributed by atoms with Gasteiger partial charge in [-0.15, -0.1) is 0 Å². The minimum absolute atomic E-state index is 0.0457. The van der Waals surface area contributed by atoms with Crippen LogP contribution in [-0.4, -0.2) is 25.2 Å². The quantitative estimate of drug-likeness (QED) is 0.686. The summed E-state index contributed by atoms with van der Waals surface area (Å²) >= 11 is 0. The maximum absolute atomic E-state index is 11.3. The van der Waals surface area contributed by atoms with Gasteiger partial charge in [-0.3, -0.25) is 4.79 Å². The summed E-state index contributed by atoms with van der Waals surface area (Å²) < 4.78 is 5.43. The van der Waals surface area contributed by atoms with E-state index < -0.39 is 0 Å². The third-order valence-electron chi connectivity index (χ3n) is 1.63. The lowest BCUT2D eigenvalue weighted by Crippen LogP contribution is -2.35. The molecule has 0 aromatic carbocycles. The molecule has 0 aliphatic carbocycles. The molecule has 0 saturated heterocycles. The number of rotatable bonds is 6. The number of hydrogen-bond donors (Lipinski definition) is 1. The van der Waals surface area contributed by atoms with E-state index in [2.05, 4.69) is 19.2 Å². The standard InChI is InChI=1S/C12H23NO2/c1-9(2)6-12(14)13-11(5)8-15-7-10(3)4/h6,10-11H,7-8H2,1-5H3,(H,13,14)/t11-/m0/s1. The molecule has 88 valence electrons. The van der Waals surface area contributed by atoms with E-state index in [1.807, 2.05) is 20.8 Å². The topological polar surface area (TPSA) is 38.3 Å². The molecule has 3 heteroatoms. The van der Waals surface area contributed by atoms with E-state index in [0.29, 0.717) is 12.5 Å². The van der Waals surface area contributed by atoms with Crippen molar-refractivity contribution in [3.05, 3.63) is 11.6 Å². The maximum atomic E-state index is 11.3. The highest BCUT2D eigenvalue weighted by Crippen LogP contribution is 1.94. The van der Waals surface area contributed by atoms with Crippen LogP contribution in [0.2, 0.25) is 0 Å². The lowest BCUT2D eigenvalue weighted by molar-refractivity contribution is -0.117. The summed E-state index contributed by atoms with van der Waals surface area (Å²) in [6.45, 7) is 11.3. The van der Waals surface area contributed by atoms with Crippen molar-refractivity contribution in [1.29, 1.82) is 0 Å². The lowest BCUT2D eigenvalue weighted by atomic mass is 10.2. The van der Waals surface area contributed by atoms with Gasteiger partial charge in [0.05, 0.1) is 6.61 Å². The third-order valence-corrected chi connectivity index (χ3v) is 1.63. The van der Waals surface area contributed by atoms with Crippen LogP contribution in [0.25, 0.3) is 0 Å². The summed E-state index contributed by atoms with van der Waals surface area (Å²) in [6, 6.07) is 0.0619. The van der Waals surface area contributed by atoms with Gasteiger partial charge in [-0.1, -0.05) is 19.4 Å². The number of carbonyl (C=O) groups is 1. The molecular formula is C12H23NO2. The average Bonchev–Trinajstić information content (AvgIpc) is 2.00. The van der Waals surface area contributed by atoms with Gasteiger partial charge in [-0.2, -0.15) is 0 Å². The van der Waals surface area contributed by atoms with Crippen LogP contribution in [-0.2, 0) is 9.53 Å². The molecule has 3 nitrogen and oxygen atoms in total. The highest BCUT2D eigenvalue weighted by molar-refractivity contribution is 5.88. The van der Waals surface area contributed by atoms with Gasteiger partial charge in [0, 0.05) is 18.7 Å². The largest absolute Gasteiger partial charge is 0.379 e. The van der Waals surface area contributed by atoms with Crippen molar-refractivity contribution in [3.63, 3.8) is 0 Å². The Morgan fingerprint density at radius 3 is 2.33 bits per heavy atom.